The Morgan fingerprint density at radius 1 is 0.886 bits per heavy atom. The van der Waals surface area contributed by atoms with Gasteiger partial charge in [0.05, 0.1) is 18.6 Å². The molecule has 0 fully saturated rings. The molecule has 0 spiro atoms. The van der Waals surface area contributed by atoms with Crippen molar-refractivity contribution in [3.8, 4) is 0 Å². The molecule has 5 unspecified atom stereocenters. The number of carboxylic acids is 1. The van der Waals surface area contributed by atoms with Crippen LogP contribution in [-0.4, -0.2) is 82.6 Å². The van der Waals surface area contributed by atoms with Gasteiger partial charge < -0.3 is 49.1 Å². The molecule has 13 N–H and O–H groups in total. The average molecular weight is 503 g/mol. The van der Waals surface area contributed by atoms with Gasteiger partial charge in [-0.3, -0.25) is 24.2 Å². The van der Waals surface area contributed by atoms with Crippen LogP contribution in [0.4, 0.5) is 0 Å². The zero-order valence-corrected chi connectivity index (χ0v) is 20.2. The number of carbonyl (C=O) groups is 5. The van der Waals surface area contributed by atoms with E-state index >= 15 is 0 Å². The number of hydrogen-bond donors (Lipinski definition) is 9. The maximum atomic E-state index is 12.8. The fourth-order valence-corrected chi connectivity index (χ4v) is 2.95. The zero-order valence-electron chi connectivity index (χ0n) is 20.2. The zero-order chi connectivity index (χ0) is 27.3. The van der Waals surface area contributed by atoms with E-state index in [2.05, 4.69) is 20.9 Å². The third-order valence-corrected chi connectivity index (χ3v) is 4.73. The molecule has 0 aromatic carbocycles. The highest BCUT2D eigenvalue weighted by atomic mass is 16.4. The summed E-state index contributed by atoms with van der Waals surface area (Å²) in [6.45, 7) is 5.04. The van der Waals surface area contributed by atoms with Gasteiger partial charge in [0, 0.05) is 6.54 Å². The monoisotopic (exact) mass is 502 g/mol. The fraction of sp³-hybridized carbons (Fsp3) is 0.700. The number of nitrogens with two attached hydrogens (primary N) is 4. The molecular formula is C20H38N8O7. The minimum absolute atomic E-state index is 0.0989. The van der Waals surface area contributed by atoms with E-state index in [-0.39, 0.29) is 31.3 Å². The highest BCUT2D eigenvalue weighted by molar-refractivity contribution is 5.95. The van der Waals surface area contributed by atoms with Crippen molar-refractivity contribution < 1.29 is 34.2 Å². The van der Waals surface area contributed by atoms with Gasteiger partial charge >= 0.3 is 5.97 Å². The largest absolute Gasteiger partial charge is 0.480 e. The Morgan fingerprint density at radius 3 is 1.91 bits per heavy atom. The van der Waals surface area contributed by atoms with Crippen LogP contribution in [0.1, 0.15) is 46.5 Å². The molecule has 0 aliphatic carbocycles. The molecule has 0 radical (unpaired) electrons. The lowest BCUT2D eigenvalue weighted by molar-refractivity contribution is -0.144. The lowest BCUT2D eigenvalue weighted by Crippen LogP contribution is -2.60. The van der Waals surface area contributed by atoms with E-state index in [4.69, 9.17) is 22.9 Å². The van der Waals surface area contributed by atoms with Crippen LogP contribution in [0.5, 0.6) is 0 Å². The van der Waals surface area contributed by atoms with Gasteiger partial charge in [0.2, 0.25) is 23.6 Å². The fourth-order valence-electron chi connectivity index (χ4n) is 2.95. The second kappa shape index (κ2) is 15.4. The lowest BCUT2D eigenvalue weighted by Gasteiger charge is -2.27. The molecule has 0 aliphatic rings. The number of rotatable bonds is 16. The summed E-state index contributed by atoms with van der Waals surface area (Å²) in [5.41, 5.74) is 21.3. The van der Waals surface area contributed by atoms with Gasteiger partial charge in [-0.15, -0.1) is 0 Å². The highest BCUT2D eigenvalue weighted by Crippen LogP contribution is 2.08. The van der Waals surface area contributed by atoms with Gasteiger partial charge in [-0.05, 0) is 32.1 Å². The quantitative estimate of drug-likeness (QED) is 0.0563. The predicted octanol–water partition coefficient (Wildman–Crippen LogP) is -3.79. The first-order chi connectivity index (χ1) is 16.1. The highest BCUT2D eigenvalue weighted by Gasteiger charge is 2.33. The van der Waals surface area contributed by atoms with Crippen molar-refractivity contribution in [3.63, 3.8) is 0 Å². The number of aliphatic hydroxyl groups excluding tert-OH is 1. The number of hydrogen-bond acceptors (Lipinski definition) is 8. The Labute approximate surface area is 203 Å². The lowest BCUT2D eigenvalue weighted by atomic mass is 10.0. The number of carboxylic acid groups (broad SMARTS) is 1. The van der Waals surface area contributed by atoms with Gasteiger partial charge in [0.1, 0.15) is 18.1 Å². The molecule has 0 aliphatic heterocycles. The smallest absolute Gasteiger partial charge is 0.326 e. The maximum Gasteiger partial charge on any atom is 0.326 e. The van der Waals surface area contributed by atoms with Crippen LogP contribution in [0.15, 0.2) is 4.99 Å². The molecule has 15 nitrogen and oxygen atoms in total. The van der Waals surface area contributed by atoms with Crippen molar-refractivity contribution >= 4 is 35.6 Å². The number of aliphatic imine (C=N–C) groups is 1. The van der Waals surface area contributed by atoms with Gasteiger partial charge in [0.15, 0.2) is 5.96 Å². The molecule has 200 valence electrons. The normalized spacial score (nSPS) is 15.1. The Hall–Kier alpha value is -3.46. The van der Waals surface area contributed by atoms with Gasteiger partial charge in [-0.25, -0.2) is 4.79 Å². The summed E-state index contributed by atoms with van der Waals surface area (Å²) in [7, 11) is 0. The van der Waals surface area contributed by atoms with E-state index in [1.54, 1.807) is 13.8 Å². The van der Waals surface area contributed by atoms with E-state index in [0.29, 0.717) is 6.42 Å². The molecule has 15 heteroatoms. The number of amides is 4. The van der Waals surface area contributed by atoms with Crippen LogP contribution >= 0.6 is 0 Å². The number of guanidine groups is 1. The standard InChI is InChI=1S/C20H38N8O7/c1-9(2)7-12(17(32)27-13(19(34)35)8-14(22)30)26-18(33)15(10(3)29)28-16(31)11(21)5-4-6-25-20(23)24/h9-13,15,29H,4-8,21H2,1-3H3,(H2,22,30)(H,26,33)(H,27,32)(H,28,31)(H,34,35)(H4,23,24,25). The molecule has 4 amide bonds. The minimum atomic E-state index is -1.59. The van der Waals surface area contributed by atoms with Crippen LogP contribution in [0.2, 0.25) is 0 Å². The first kappa shape index (κ1) is 31.5. The molecule has 0 aromatic rings. The van der Waals surface area contributed by atoms with Crippen molar-refractivity contribution in [1.82, 2.24) is 16.0 Å². The van der Waals surface area contributed by atoms with Crippen LogP contribution in [-0.2, 0) is 24.0 Å². The first-order valence-corrected chi connectivity index (χ1v) is 11.1. The third kappa shape index (κ3) is 13.1. The number of aliphatic carboxylic acids is 1. The Bertz CT molecular complexity index is 783. The average Bonchev–Trinajstić information content (AvgIpc) is 2.72. The maximum absolute atomic E-state index is 12.8. The molecule has 0 aromatic heterocycles. The van der Waals surface area contributed by atoms with Crippen molar-refractivity contribution in [2.24, 2.45) is 33.8 Å². The second-order valence-corrected chi connectivity index (χ2v) is 8.54. The van der Waals surface area contributed by atoms with Crippen molar-refractivity contribution in [3.05, 3.63) is 0 Å². The number of aliphatic hydroxyl groups is 1. The van der Waals surface area contributed by atoms with Crippen LogP contribution in [0.25, 0.3) is 0 Å². The molecule has 0 rings (SSSR count). The Kier molecular flexibility index (Phi) is 13.9. The van der Waals surface area contributed by atoms with Gasteiger partial charge in [0.25, 0.3) is 0 Å². The first-order valence-electron chi connectivity index (χ1n) is 11.1. The van der Waals surface area contributed by atoms with Gasteiger partial charge in [-0.1, -0.05) is 13.8 Å². The Morgan fingerprint density at radius 2 is 1.46 bits per heavy atom. The van der Waals surface area contributed by atoms with Crippen LogP contribution in [0, 0.1) is 5.92 Å². The van der Waals surface area contributed by atoms with E-state index < -0.39 is 66.3 Å². The summed E-state index contributed by atoms with van der Waals surface area (Å²) in [5, 5.41) is 26.2. The minimum Gasteiger partial charge on any atom is -0.480 e. The summed E-state index contributed by atoms with van der Waals surface area (Å²) in [4.78, 5) is 64.1. The number of primary amides is 1. The van der Waals surface area contributed by atoms with Gasteiger partial charge in [-0.2, -0.15) is 0 Å². The molecule has 0 saturated carbocycles. The molecule has 0 saturated heterocycles. The van der Waals surface area contributed by atoms with Crippen molar-refractivity contribution in [2.75, 3.05) is 6.54 Å². The topological polar surface area (TPSA) is 278 Å². The molecule has 0 bridgehead atoms. The molecule has 5 atom stereocenters. The molecule has 35 heavy (non-hydrogen) atoms. The number of nitrogens with zero attached hydrogens (tertiary/aromatic N) is 1. The predicted molar refractivity (Wildman–Crippen MR) is 126 cm³/mol. The summed E-state index contributed by atoms with van der Waals surface area (Å²) in [5.74, 6) is -5.09. The summed E-state index contributed by atoms with van der Waals surface area (Å²) in [6.07, 6.45) is -1.30. The van der Waals surface area contributed by atoms with Crippen LogP contribution < -0.4 is 38.9 Å². The third-order valence-electron chi connectivity index (χ3n) is 4.73. The summed E-state index contributed by atoms with van der Waals surface area (Å²) in [6, 6.07) is -5.27. The summed E-state index contributed by atoms with van der Waals surface area (Å²) >= 11 is 0. The second-order valence-electron chi connectivity index (χ2n) is 8.54. The van der Waals surface area contributed by atoms with E-state index in [1.165, 1.54) is 6.92 Å². The Balaban J connectivity index is 5.33. The van der Waals surface area contributed by atoms with E-state index in [0.717, 1.165) is 0 Å². The number of nitrogens with one attached hydrogen (secondary N) is 3. The SMILES string of the molecule is CC(C)CC(NC(=O)C(NC(=O)C(N)CCCN=C(N)N)C(C)O)C(=O)NC(CC(N)=O)C(=O)O. The summed E-state index contributed by atoms with van der Waals surface area (Å²) < 4.78 is 0. The van der Waals surface area contributed by atoms with E-state index in [1.807, 2.05) is 0 Å². The van der Waals surface area contributed by atoms with Crippen molar-refractivity contribution in [2.45, 2.75) is 76.7 Å². The van der Waals surface area contributed by atoms with Crippen LogP contribution in [0.3, 0.4) is 0 Å². The molecule has 0 heterocycles. The van der Waals surface area contributed by atoms with E-state index in [9.17, 15) is 34.2 Å². The molecular weight excluding hydrogens is 464 g/mol. The van der Waals surface area contributed by atoms with Crippen molar-refractivity contribution in [1.29, 1.82) is 0 Å². The number of carbonyl (C=O) groups excluding carboxylic acids is 4.